The van der Waals surface area contributed by atoms with Gasteiger partial charge < -0.3 is 10.6 Å². The number of nitrogens with zero attached hydrogens (tertiary/aromatic N) is 2. The van der Waals surface area contributed by atoms with Crippen molar-refractivity contribution in [3.63, 3.8) is 0 Å². The molecule has 0 atom stereocenters. The largest absolute Gasteiger partial charge is 0.372 e. The third-order valence-electron chi connectivity index (χ3n) is 3.43. The van der Waals surface area contributed by atoms with E-state index in [1.807, 2.05) is 37.0 Å². The van der Waals surface area contributed by atoms with Crippen LogP contribution in [0.2, 0.25) is 0 Å². The number of aromatic nitrogens is 2. The van der Waals surface area contributed by atoms with Crippen LogP contribution in [0.4, 0.5) is 11.5 Å². The van der Waals surface area contributed by atoms with Crippen molar-refractivity contribution in [2.24, 2.45) is 7.05 Å². The van der Waals surface area contributed by atoms with Gasteiger partial charge in [-0.1, -0.05) is 6.07 Å². The molecular weight excluding hydrogens is 240 g/mol. The number of carbonyl (C=O) groups is 1. The Morgan fingerprint density at radius 3 is 2.89 bits per heavy atom. The van der Waals surface area contributed by atoms with Crippen LogP contribution in [-0.2, 0) is 18.3 Å². The first kappa shape index (κ1) is 11.8. The molecule has 0 radical (unpaired) electrons. The van der Waals surface area contributed by atoms with Gasteiger partial charge in [0.25, 0.3) is 0 Å². The average Bonchev–Trinajstić information content (AvgIpc) is 2.79. The minimum Gasteiger partial charge on any atom is -0.372 e. The van der Waals surface area contributed by atoms with Crippen molar-refractivity contribution in [3.8, 4) is 11.3 Å². The molecule has 0 aliphatic carbocycles. The Hall–Kier alpha value is -2.30. The van der Waals surface area contributed by atoms with Crippen molar-refractivity contribution in [1.82, 2.24) is 9.78 Å². The smallest absolute Gasteiger partial charge is 0.224 e. The van der Waals surface area contributed by atoms with Crippen molar-refractivity contribution >= 4 is 17.4 Å². The van der Waals surface area contributed by atoms with Crippen molar-refractivity contribution < 1.29 is 4.79 Å². The van der Waals surface area contributed by atoms with Crippen LogP contribution >= 0.6 is 0 Å². The molecule has 2 aromatic rings. The molecule has 5 nitrogen and oxygen atoms in total. The van der Waals surface area contributed by atoms with Crippen molar-refractivity contribution in [1.29, 1.82) is 0 Å². The van der Waals surface area contributed by atoms with E-state index in [2.05, 4.69) is 21.8 Å². The normalized spacial score (nSPS) is 13.9. The molecule has 3 rings (SSSR count). The Morgan fingerprint density at radius 1 is 1.32 bits per heavy atom. The van der Waals surface area contributed by atoms with E-state index in [0.717, 1.165) is 29.2 Å². The number of fused-ring (bicyclic) bond motifs is 1. The van der Waals surface area contributed by atoms with Crippen LogP contribution < -0.4 is 10.6 Å². The quantitative estimate of drug-likeness (QED) is 0.864. The van der Waals surface area contributed by atoms with Gasteiger partial charge >= 0.3 is 0 Å². The highest BCUT2D eigenvalue weighted by Crippen LogP contribution is 2.29. The first-order chi connectivity index (χ1) is 9.17. The lowest BCUT2D eigenvalue weighted by Gasteiger charge is -2.17. The van der Waals surface area contributed by atoms with Crippen molar-refractivity contribution in [2.75, 3.05) is 17.7 Å². The zero-order valence-corrected chi connectivity index (χ0v) is 11.0. The van der Waals surface area contributed by atoms with Crippen LogP contribution in [0.25, 0.3) is 11.3 Å². The molecule has 1 aromatic heterocycles. The van der Waals surface area contributed by atoms with Gasteiger partial charge in [-0.15, -0.1) is 0 Å². The molecule has 2 heterocycles. The minimum absolute atomic E-state index is 0.0956. The van der Waals surface area contributed by atoms with E-state index >= 15 is 0 Å². The molecule has 2 N–H and O–H groups in total. The van der Waals surface area contributed by atoms with Gasteiger partial charge in [0, 0.05) is 37.8 Å². The number of benzene rings is 1. The molecule has 19 heavy (non-hydrogen) atoms. The fourth-order valence-electron chi connectivity index (χ4n) is 2.40. The van der Waals surface area contributed by atoms with Crippen LogP contribution in [0.15, 0.2) is 24.3 Å². The average molecular weight is 256 g/mol. The number of nitrogens with one attached hydrogen (secondary N) is 2. The number of rotatable bonds is 2. The zero-order valence-electron chi connectivity index (χ0n) is 11.0. The molecular formula is C14H16N4O. The topological polar surface area (TPSA) is 59.0 Å². The molecule has 5 heteroatoms. The van der Waals surface area contributed by atoms with Crippen LogP contribution in [0, 0.1) is 0 Å². The summed E-state index contributed by atoms with van der Waals surface area (Å²) in [7, 11) is 3.78. The Morgan fingerprint density at radius 2 is 2.16 bits per heavy atom. The van der Waals surface area contributed by atoms with Crippen LogP contribution in [0.5, 0.6) is 0 Å². The fraction of sp³-hybridized carbons (Fsp3) is 0.286. The van der Waals surface area contributed by atoms with E-state index in [1.54, 1.807) is 0 Å². The number of hydrogen-bond acceptors (Lipinski definition) is 3. The SMILES string of the molecule is CNc1cc(-c2ccc3c(c2)CCC(=O)N3)n(C)n1. The van der Waals surface area contributed by atoms with Gasteiger partial charge in [-0.3, -0.25) is 9.48 Å². The van der Waals surface area contributed by atoms with Crippen LogP contribution in [-0.4, -0.2) is 22.7 Å². The summed E-state index contributed by atoms with van der Waals surface area (Å²) in [5.41, 5.74) is 4.29. The lowest BCUT2D eigenvalue weighted by atomic mass is 9.99. The number of hydrogen-bond donors (Lipinski definition) is 2. The monoisotopic (exact) mass is 256 g/mol. The molecule has 98 valence electrons. The Kier molecular flexibility index (Phi) is 2.74. The summed E-state index contributed by atoms with van der Waals surface area (Å²) in [5, 5.41) is 10.3. The second kappa shape index (κ2) is 4.42. The number of anilines is 2. The van der Waals surface area contributed by atoms with Gasteiger partial charge in [-0.2, -0.15) is 5.10 Å². The lowest BCUT2D eigenvalue weighted by molar-refractivity contribution is -0.116. The number of amides is 1. The molecule has 0 fully saturated rings. The summed E-state index contributed by atoms with van der Waals surface area (Å²) in [6.45, 7) is 0. The summed E-state index contributed by atoms with van der Waals surface area (Å²) in [4.78, 5) is 11.3. The van der Waals surface area contributed by atoms with Crippen LogP contribution in [0.1, 0.15) is 12.0 Å². The number of aryl methyl sites for hydroxylation is 2. The fourth-order valence-corrected chi connectivity index (χ4v) is 2.40. The Labute approximate surface area is 111 Å². The zero-order chi connectivity index (χ0) is 13.4. The summed E-state index contributed by atoms with van der Waals surface area (Å²) in [6.07, 6.45) is 1.36. The molecule has 0 unspecified atom stereocenters. The summed E-state index contributed by atoms with van der Waals surface area (Å²) >= 11 is 0. The second-order valence-corrected chi connectivity index (χ2v) is 4.71. The maximum Gasteiger partial charge on any atom is 0.224 e. The van der Waals surface area contributed by atoms with E-state index in [0.29, 0.717) is 6.42 Å². The van der Waals surface area contributed by atoms with Gasteiger partial charge in [-0.25, -0.2) is 0 Å². The standard InChI is InChI=1S/C14H16N4O/c1-15-13-8-12(18(2)17-13)10-3-5-11-9(7-10)4-6-14(19)16-11/h3,5,7-8H,4,6H2,1-2H3,(H,15,17)(H,16,19). The summed E-state index contributed by atoms with van der Waals surface area (Å²) in [6, 6.07) is 8.13. The maximum atomic E-state index is 11.3. The van der Waals surface area contributed by atoms with E-state index in [4.69, 9.17) is 0 Å². The van der Waals surface area contributed by atoms with E-state index in [9.17, 15) is 4.79 Å². The van der Waals surface area contributed by atoms with Gasteiger partial charge in [-0.05, 0) is 24.1 Å². The van der Waals surface area contributed by atoms with Gasteiger partial charge in [0.2, 0.25) is 5.91 Å². The van der Waals surface area contributed by atoms with E-state index in [-0.39, 0.29) is 5.91 Å². The molecule has 1 aliphatic rings. The Balaban J connectivity index is 2.02. The highest BCUT2D eigenvalue weighted by molar-refractivity contribution is 5.94. The second-order valence-electron chi connectivity index (χ2n) is 4.71. The maximum absolute atomic E-state index is 11.3. The first-order valence-corrected chi connectivity index (χ1v) is 6.32. The molecule has 0 saturated heterocycles. The van der Waals surface area contributed by atoms with Gasteiger partial charge in [0.1, 0.15) is 5.82 Å². The predicted octanol–water partition coefficient (Wildman–Crippen LogP) is 2.01. The first-order valence-electron chi connectivity index (χ1n) is 6.32. The minimum atomic E-state index is 0.0956. The summed E-state index contributed by atoms with van der Waals surface area (Å²) < 4.78 is 1.86. The molecule has 0 spiro atoms. The summed E-state index contributed by atoms with van der Waals surface area (Å²) in [5.74, 6) is 0.946. The van der Waals surface area contributed by atoms with Crippen molar-refractivity contribution in [3.05, 3.63) is 29.8 Å². The number of carbonyl (C=O) groups excluding carboxylic acids is 1. The molecule has 0 bridgehead atoms. The lowest BCUT2D eigenvalue weighted by Crippen LogP contribution is -2.18. The van der Waals surface area contributed by atoms with Crippen LogP contribution in [0.3, 0.4) is 0 Å². The van der Waals surface area contributed by atoms with Gasteiger partial charge in [0.15, 0.2) is 0 Å². The highest BCUT2D eigenvalue weighted by Gasteiger charge is 2.16. The molecule has 0 saturated carbocycles. The van der Waals surface area contributed by atoms with E-state index in [1.165, 1.54) is 5.56 Å². The predicted molar refractivity (Wildman–Crippen MR) is 75.1 cm³/mol. The molecule has 1 amide bonds. The van der Waals surface area contributed by atoms with Crippen molar-refractivity contribution in [2.45, 2.75) is 12.8 Å². The van der Waals surface area contributed by atoms with E-state index < -0.39 is 0 Å². The third kappa shape index (κ3) is 2.07. The third-order valence-corrected chi connectivity index (χ3v) is 3.43. The molecule has 1 aliphatic heterocycles. The highest BCUT2D eigenvalue weighted by atomic mass is 16.1. The molecule has 1 aromatic carbocycles. The Bertz CT molecular complexity index is 645. The van der Waals surface area contributed by atoms with Gasteiger partial charge in [0.05, 0.1) is 5.69 Å².